The van der Waals surface area contributed by atoms with Crippen molar-refractivity contribution < 1.29 is 12.8 Å². The van der Waals surface area contributed by atoms with Gasteiger partial charge in [-0.2, -0.15) is 13.5 Å². The summed E-state index contributed by atoms with van der Waals surface area (Å²) in [6.45, 7) is 5.84. The molecule has 6 nitrogen and oxygen atoms in total. The van der Waals surface area contributed by atoms with Crippen LogP contribution in [0.2, 0.25) is 0 Å². The fraction of sp³-hybridized carbons (Fsp3) is 0.235. The summed E-state index contributed by atoms with van der Waals surface area (Å²) in [5.41, 5.74) is 4.09. The second-order valence-corrected chi connectivity index (χ2v) is 7.21. The number of furan rings is 1. The Kier molecular flexibility index (Phi) is 4.19. The van der Waals surface area contributed by atoms with E-state index >= 15 is 0 Å². The first-order valence-electron chi connectivity index (χ1n) is 7.64. The molecule has 0 bridgehead atoms. The average molecular weight is 345 g/mol. The predicted molar refractivity (Wildman–Crippen MR) is 92.4 cm³/mol. The van der Waals surface area contributed by atoms with Gasteiger partial charge in [-0.05, 0) is 50.1 Å². The van der Waals surface area contributed by atoms with Crippen molar-refractivity contribution in [1.29, 1.82) is 0 Å². The maximum absolute atomic E-state index is 12.5. The first kappa shape index (κ1) is 16.3. The lowest BCUT2D eigenvalue weighted by Gasteiger charge is -2.06. The maximum atomic E-state index is 12.5. The molecule has 0 radical (unpaired) electrons. The number of hydrogen-bond acceptors (Lipinski definition) is 4. The molecule has 2 N–H and O–H groups in total. The number of aromatic amines is 1. The van der Waals surface area contributed by atoms with Crippen LogP contribution >= 0.6 is 0 Å². The second kappa shape index (κ2) is 6.16. The molecule has 3 rings (SSSR count). The van der Waals surface area contributed by atoms with Crippen molar-refractivity contribution in [3.8, 4) is 11.5 Å². The Balaban J connectivity index is 1.86. The molecule has 126 valence electrons. The van der Waals surface area contributed by atoms with Crippen molar-refractivity contribution in [2.24, 2.45) is 0 Å². The minimum Gasteiger partial charge on any atom is -0.441 e. The zero-order valence-electron chi connectivity index (χ0n) is 13.8. The summed E-state index contributed by atoms with van der Waals surface area (Å²) in [4.78, 5) is 0. The molecule has 2 aromatic heterocycles. The van der Waals surface area contributed by atoms with Crippen molar-refractivity contribution in [2.75, 3.05) is 4.72 Å². The minimum atomic E-state index is -3.78. The lowest BCUT2D eigenvalue weighted by atomic mass is 10.2. The summed E-state index contributed by atoms with van der Waals surface area (Å²) < 4.78 is 32.9. The van der Waals surface area contributed by atoms with Crippen LogP contribution in [0.1, 0.15) is 23.7 Å². The first-order valence-corrected chi connectivity index (χ1v) is 9.12. The molecule has 0 spiro atoms. The van der Waals surface area contributed by atoms with Crippen LogP contribution in [0.5, 0.6) is 0 Å². The predicted octanol–water partition coefficient (Wildman–Crippen LogP) is 3.65. The minimum absolute atomic E-state index is 0.142. The Morgan fingerprint density at radius 1 is 1.12 bits per heavy atom. The molecular formula is C17H19N3O3S. The van der Waals surface area contributed by atoms with Crippen LogP contribution in [0.3, 0.4) is 0 Å². The SMILES string of the molecule is CCc1ccc(NS(=O)(=O)c2ccc(-c3n[nH]c(C)c3C)o2)cc1. The Bertz CT molecular complexity index is 953. The number of aryl methyl sites for hydroxylation is 2. The summed E-state index contributed by atoms with van der Waals surface area (Å²) in [6, 6.07) is 10.3. The van der Waals surface area contributed by atoms with Gasteiger partial charge in [-0.25, -0.2) is 0 Å². The summed E-state index contributed by atoms with van der Waals surface area (Å²) >= 11 is 0. The van der Waals surface area contributed by atoms with Crippen LogP contribution in [0.4, 0.5) is 5.69 Å². The van der Waals surface area contributed by atoms with E-state index in [0.29, 0.717) is 17.1 Å². The number of nitrogens with zero attached hydrogens (tertiary/aromatic N) is 1. The zero-order valence-corrected chi connectivity index (χ0v) is 14.6. The molecule has 0 unspecified atom stereocenters. The van der Waals surface area contributed by atoms with Gasteiger partial charge in [0.25, 0.3) is 10.0 Å². The summed E-state index contributed by atoms with van der Waals surface area (Å²) in [5, 5.41) is 6.87. The van der Waals surface area contributed by atoms with E-state index in [4.69, 9.17) is 4.42 Å². The third kappa shape index (κ3) is 3.07. The molecule has 0 aliphatic carbocycles. The Labute approximate surface area is 141 Å². The smallest absolute Gasteiger partial charge is 0.295 e. The third-order valence-corrected chi connectivity index (χ3v) is 5.20. The molecule has 3 aromatic rings. The van der Waals surface area contributed by atoms with Gasteiger partial charge in [-0.3, -0.25) is 9.82 Å². The number of aromatic nitrogens is 2. The molecule has 1 aromatic carbocycles. The second-order valence-electron chi connectivity index (χ2n) is 5.60. The van der Waals surface area contributed by atoms with Gasteiger partial charge in [0.2, 0.25) is 5.09 Å². The Hall–Kier alpha value is -2.54. The highest BCUT2D eigenvalue weighted by molar-refractivity contribution is 7.92. The van der Waals surface area contributed by atoms with Crippen LogP contribution < -0.4 is 4.72 Å². The van der Waals surface area contributed by atoms with E-state index in [0.717, 1.165) is 23.2 Å². The van der Waals surface area contributed by atoms with E-state index < -0.39 is 10.0 Å². The lowest BCUT2D eigenvalue weighted by molar-refractivity contribution is 0.461. The van der Waals surface area contributed by atoms with Gasteiger partial charge in [0.1, 0.15) is 5.69 Å². The van der Waals surface area contributed by atoms with Crippen molar-refractivity contribution in [3.63, 3.8) is 0 Å². The molecule has 7 heteroatoms. The molecule has 0 saturated heterocycles. The monoisotopic (exact) mass is 345 g/mol. The average Bonchev–Trinajstić information content (AvgIpc) is 3.16. The third-order valence-electron chi connectivity index (χ3n) is 3.95. The molecule has 0 amide bonds. The van der Waals surface area contributed by atoms with Gasteiger partial charge in [0.05, 0.1) is 0 Å². The largest absolute Gasteiger partial charge is 0.441 e. The van der Waals surface area contributed by atoms with Gasteiger partial charge in [-0.1, -0.05) is 19.1 Å². The van der Waals surface area contributed by atoms with Crippen molar-refractivity contribution in [1.82, 2.24) is 10.2 Å². The van der Waals surface area contributed by atoms with Crippen LogP contribution in [0.25, 0.3) is 11.5 Å². The number of hydrogen-bond donors (Lipinski definition) is 2. The first-order chi connectivity index (χ1) is 11.4. The number of rotatable bonds is 5. The van der Waals surface area contributed by atoms with Crippen LogP contribution in [0.15, 0.2) is 45.9 Å². The maximum Gasteiger partial charge on any atom is 0.295 e. The van der Waals surface area contributed by atoms with E-state index in [1.807, 2.05) is 32.9 Å². The van der Waals surface area contributed by atoms with E-state index in [-0.39, 0.29) is 5.09 Å². The highest BCUT2D eigenvalue weighted by atomic mass is 32.2. The topological polar surface area (TPSA) is 88.0 Å². The molecule has 0 aliphatic heterocycles. The van der Waals surface area contributed by atoms with E-state index in [1.165, 1.54) is 6.07 Å². The standard InChI is InChI=1S/C17H19N3O3S/c1-4-13-5-7-14(8-6-13)20-24(21,22)16-10-9-15(23-16)17-11(2)12(3)18-19-17/h5-10,20H,4H2,1-3H3,(H,18,19). The van der Waals surface area contributed by atoms with Crippen molar-refractivity contribution in [3.05, 3.63) is 53.2 Å². The fourth-order valence-corrected chi connectivity index (χ4v) is 3.32. The normalized spacial score (nSPS) is 11.6. The van der Waals surface area contributed by atoms with Gasteiger partial charge >= 0.3 is 0 Å². The summed E-state index contributed by atoms with van der Waals surface area (Å²) in [5.74, 6) is 0.415. The quantitative estimate of drug-likeness (QED) is 0.739. The van der Waals surface area contributed by atoms with E-state index in [2.05, 4.69) is 14.9 Å². The van der Waals surface area contributed by atoms with E-state index in [1.54, 1.807) is 18.2 Å². The number of benzene rings is 1. The molecule has 0 fully saturated rings. The van der Waals surface area contributed by atoms with Gasteiger partial charge < -0.3 is 4.42 Å². The Morgan fingerprint density at radius 2 is 1.83 bits per heavy atom. The highest BCUT2D eigenvalue weighted by Gasteiger charge is 2.21. The molecule has 0 saturated carbocycles. The number of H-pyrrole nitrogens is 1. The molecule has 2 heterocycles. The Morgan fingerprint density at radius 3 is 2.42 bits per heavy atom. The van der Waals surface area contributed by atoms with Crippen LogP contribution in [0, 0.1) is 13.8 Å². The van der Waals surface area contributed by atoms with Gasteiger partial charge in [0, 0.05) is 16.9 Å². The summed E-state index contributed by atoms with van der Waals surface area (Å²) in [7, 11) is -3.78. The highest BCUT2D eigenvalue weighted by Crippen LogP contribution is 2.27. The molecule has 24 heavy (non-hydrogen) atoms. The zero-order chi connectivity index (χ0) is 17.3. The number of anilines is 1. The van der Waals surface area contributed by atoms with Crippen molar-refractivity contribution >= 4 is 15.7 Å². The molecule has 0 aliphatic rings. The van der Waals surface area contributed by atoms with Crippen LogP contribution in [-0.4, -0.2) is 18.6 Å². The van der Waals surface area contributed by atoms with E-state index in [9.17, 15) is 8.42 Å². The van der Waals surface area contributed by atoms with Crippen LogP contribution in [-0.2, 0) is 16.4 Å². The lowest BCUT2D eigenvalue weighted by Crippen LogP contribution is -2.12. The fourth-order valence-electron chi connectivity index (χ4n) is 2.33. The number of sulfonamides is 1. The molecule has 0 atom stereocenters. The number of nitrogens with one attached hydrogen (secondary N) is 2. The van der Waals surface area contributed by atoms with Gasteiger partial charge in [-0.15, -0.1) is 0 Å². The molecular weight excluding hydrogens is 326 g/mol. The van der Waals surface area contributed by atoms with Crippen molar-refractivity contribution in [2.45, 2.75) is 32.3 Å². The summed E-state index contributed by atoms with van der Waals surface area (Å²) in [6.07, 6.45) is 0.900. The van der Waals surface area contributed by atoms with Gasteiger partial charge in [0.15, 0.2) is 5.76 Å².